The van der Waals surface area contributed by atoms with E-state index >= 15 is 0 Å². The summed E-state index contributed by atoms with van der Waals surface area (Å²) in [6.07, 6.45) is 4.64. The Hall–Kier alpha value is -1.89. The van der Waals surface area contributed by atoms with E-state index < -0.39 is 23.8 Å². The standard InChI is InChI=1S/C17H22N2O4S/c1-10(2)7-8-18-16-14(11-5-3-4-6-12(11)24-16)15(22)19(17(18)23)9-13(20)21/h10H,3-9H2,1-2H3,(H,20,21)/p-1. The largest absolute Gasteiger partial charge is 0.548 e. The molecule has 0 N–H and O–H groups in total. The monoisotopic (exact) mass is 349 g/mol. The highest BCUT2D eigenvalue weighted by atomic mass is 32.1. The highest BCUT2D eigenvalue weighted by Crippen LogP contribution is 2.34. The number of carboxylic acid groups (broad SMARTS) is 1. The number of aliphatic carboxylic acids is 1. The predicted octanol–water partition coefficient (Wildman–Crippen LogP) is 0.899. The van der Waals surface area contributed by atoms with Crippen LogP contribution in [0.2, 0.25) is 0 Å². The highest BCUT2D eigenvalue weighted by molar-refractivity contribution is 7.18. The molecule has 1 aliphatic rings. The number of carbonyl (C=O) groups excluding carboxylic acids is 1. The number of hydrogen-bond donors (Lipinski definition) is 0. The zero-order chi connectivity index (χ0) is 17.4. The lowest BCUT2D eigenvalue weighted by Crippen LogP contribution is -2.44. The van der Waals surface area contributed by atoms with Gasteiger partial charge in [0.2, 0.25) is 0 Å². The second kappa shape index (κ2) is 6.55. The molecule has 0 unspecified atom stereocenters. The summed E-state index contributed by atoms with van der Waals surface area (Å²) in [5.41, 5.74) is -0.0213. The van der Waals surface area contributed by atoms with E-state index in [4.69, 9.17) is 0 Å². The van der Waals surface area contributed by atoms with E-state index in [-0.39, 0.29) is 0 Å². The molecule has 130 valence electrons. The minimum absolute atomic E-state index is 0.406. The molecular formula is C17H21N2O4S-. The summed E-state index contributed by atoms with van der Waals surface area (Å²) >= 11 is 1.52. The smallest absolute Gasteiger partial charge is 0.332 e. The number of aromatic nitrogens is 2. The quantitative estimate of drug-likeness (QED) is 0.803. The van der Waals surface area contributed by atoms with Gasteiger partial charge in [0.1, 0.15) is 4.83 Å². The van der Waals surface area contributed by atoms with Crippen LogP contribution >= 0.6 is 11.3 Å². The van der Waals surface area contributed by atoms with Crippen LogP contribution in [0.4, 0.5) is 0 Å². The maximum atomic E-state index is 12.8. The highest BCUT2D eigenvalue weighted by Gasteiger charge is 2.23. The lowest BCUT2D eigenvalue weighted by Gasteiger charge is -2.14. The first-order valence-corrected chi connectivity index (χ1v) is 9.19. The van der Waals surface area contributed by atoms with Gasteiger partial charge in [-0.05, 0) is 43.6 Å². The van der Waals surface area contributed by atoms with Crippen molar-refractivity contribution in [1.29, 1.82) is 0 Å². The summed E-state index contributed by atoms with van der Waals surface area (Å²) in [5.74, 6) is -1.02. The molecule has 6 nitrogen and oxygen atoms in total. The number of carboxylic acids is 1. The van der Waals surface area contributed by atoms with Gasteiger partial charge < -0.3 is 9.90 Å². The molecule has 0 saturated carbocycles. The van der Waals surface area contributed by atoms with Crippen molar-refractivity contribution >= 4 is 27.5 Å². The Morgan fingerprint density at radius 3 is 2.58 bits per heavy atom. The van der Waals surface area contributed by atoms with Gasteiger partial charge in [0.15, 0.2) is 0 Å². The molecule has 0 fully saturated rings. The van der Waals surface area contributed by atoms with Crippen molar-refractivity contribution in [3.63, 3.8) is 0 Å². The first-order valence-electron chi connectivity index (χ1n) is 8.38. The molecule has 2 aromatic rings. The molecule has 0 aromatic carbocycles. The van der Waals surface area contributed by atoms with Crippen molar-refractivity contribution < 1.29 is 9.90 Å². The van der Waals surface area contributed by atoms with Gasteiger partial charge in [-0.3, -0.25) is 13.9 Å². The molecule has 0 bridgehead atoms. The Labute approximate surface area is 143 Å². The Morgan fingerprint density at radius 1 is 1.21 bits per heavy atom. The predicted molar refractivity (Wildman–Crippen MR) is 91.4 cm³/mol. The lowest BCUT2D eigenvalue weighted by atomic mass is 9.97. The van der Waals surface area contributed by atoms with Crippen LogP contribution in [0.3, 0.4) is 0 Å². The molecule has 2 aromatic heterocycles. The molecule has 0 spiro atoms. The number of carbonyl (C=O) groups is 1. The second-order valence-electron chi connectivity index (χ2n) is 6.77. The van der Waals surface area contributed by atoms with Gasteiger partial charge in [-0.1, -0.05) is 13.8 Å². The normalized spacial score (nSPS) is 14.3. The third kappa shape index (κ3) is 2.92. The SMILES string of the molecule is CC(C)CCn1c(=O)n(CC(=O)[O-])c(=O)c2c3c(sc21)CCCC3. The lowest BCUT2D eigenvalue weighted by molar-refractivity contribution is -0.306. The van der Waals surface area contributed by atoms with Crippen LogP contribution < -0.4 is 16.4 Å². The summed E-state index contributed by atoms with van der Waals surface area (Å²) in [6.45, 7) is 3.93. The van der Waals surface area contributed by atoms with Crippen molar-refractivity contribution in [2.75, 3.05) is 0 Å². The van der Waals surface area contributed by atoms with Crippen molar-refractivity contribution in [3.8, 4) is 0 Å². The van der Waals surface area contributed by atoms with E-state index in [1.54, 1.807) is 4.57 Å². The average molecular weight is 349 g/mol. The Morgan fingerprint density at radius 2 is 1.92 bits per heavy atom. The number of hydrogen-bond acceptors (Lipinski definition) is 5. The first kappa shape index (κ1) is 17.0. The van der Waals surface area contributed by atoms with Crippen LogP contribution in [-0.4, -0.2) is 15.1 Å². The van der Waals surface area contributed by atoms with Crippen LogP contribution in [-0.2, 0) is 30.7 Å². The number of aryl methyl sites for hydroxylation is 3. The number of thiophene rings is 1. The fourth-order valence-corrected chi connectivity index (χ4v) is 4.67. The number of fused-ring (bicyclic) bond motifs is 3. The van der Waals surface area contributed by atoms with Gasteiger partial charge >= 0.3 is 5.69 Å². The van der Waals surface area contributed by atoms with Gasteiger partial charge in [-0.2, -0.15) is 0 Å². The van der Waals surface area contributed by atoms with Gasteiger partial charge in [0.25, 0.3) is 5.56 Å². The van der Waals surface area contributed by atoms with Crippen molar-refractivity contribution in [2.45, 2.75) is 59.0 Å². The fourth-order valence-electron chi connectivity index (χ4n) is 3.27. The van der Waals surface area contributed by atoms with E-state index in [2.05, 4.69) is 13.8 Å². The summed E-state index contributed by atoms with van der Waals surface area (Å²) in [5, 5.41) is 11.5. The third-order valence-corrected chi connectivity index (χ3v) is 5.85. The van der Waals surface area contributed by atoms with E-state index in [9.17, 15) is 19.5 Å². The molecule has 0 aliphatic heterocycles. The second-order valence-corrected chi connectivity index (χ2v) is 7.85. The summed E-state index contributed by atoms with van der Waals surface area (Å²) in [4.78, 5) is 38.3. The fraction of sp³-hybridized carbons (Fsp3) is 0.588. The molecule has 1 aliphatic carbocycles. The third-order valence-electron chi connectivity index (χ3n) is 4.54. The number of rotatable bonds is 5. The molecule has 0 amide bonds. The van der Waals surface area contributed by atoms with Crippen molar-refractivity contribution in [3.05, 3.63) is 31.3 Å². The van der Waals surface area contributed by atoms with Crippen molar-refractivity contribution in [2.24, 2.45) is 5.92 Å². The molecule has 7 heteroatoms. The van der Waals surface area contributed by atoms with E-state index in [0.717, 1.165) is 47.1 Å². The minimum Gasteiger partial charge on any atom is -0.548 e. The maximum Gasteiger partial charge on any atom is 0.332 e. The topological polar surface area (TPSA) is 84.1 Å². The summed E-state index contributed by atoms with van der Waals surface area (Å²) < 4.78 is 2.41. The van der Waals surface area contributed by atoms with Gasteiger partial charge in [-0.25, -0.2) is 4.79 Å². The van der Waals surface area contributed by atoms with Crippen LogP contribution in [0.25, 0.3) is 10.2 Å². The van der Waals surface area contributed by atoms with Crippen LogP contribution in [0.5, 0.6) is 0 Å². The molecule has 3 rings (SSSR count). The maximum absolute atomic E-state index is 12.8. The van der Waals surface area contributed by atoms with Gasteiger partial charge in [0.05, 0.1) is 17.9 Å². The van der Waals surface area contributed by atoms with Crippen molar-refractivity contribution in [1.82, 2.24) is 9.13 Å². The molecular weight excluding hydrogens is 328 g/mol. The Bertz CT molecular complexity index is 904. The van der Waals surface area contributed by atoms with E-state index in [1.807, 2.05) is 0 Å². The summed E-state index contributed by atoms with van der Waals surface area (Å²) in [7, 11) is 0. The molecule has 0 atom stereocenters. The van der Waals surface area contributed by atoms with Crippen LogP contribution in [0.1, 0.15) is 43.6 Å². The molecule has 24 heavy (non-hydrogen) atoms. The average Bonchev–Trinajstić information content (AvgIpc) is 2.90. The van der Waals surface area contributed by atoms with E-state index in [1.165, 1.54) is 11.3 Å². The zero-order valence-electron chi connectivity index (χ0n) is 14.0. The molecule has 0 radical (unpaired) electrons. The summed E-state index contributed by atoms with van der Waals surface area (Å²) in [6, 6.07) is 0. The number of nitrogens with zero attached hydrogens (tertiary/aromatic N) is 2. The van der Waals surface area contributed by atoms with Crippen LogP contribution in [0.15, 0.2) is 9.59 Å². The Kier molecular flexibility index (Phi) is 4.62. The zero-order valence-corrected chi connectivity index (χ0v) is 14.8. The molecule has 0 saturated heterocycles. The van der Waals surface area contributed by atoms with Crippen LogP contribution in [0, 0.1) is 5.92 Å². The first-order chi connectivity index (χ1) is 11.4. The minimum atomic E-state index is -1.42. The Balaban J connectivity index is 2.30. The van der Waals surface area contributed by atoms with Gasteiger partial charge in [-0.15, -0.1) is 11.3 Å². The molecule has 2 heterocycles. The van der Waals surface area contributed by atoms with Gasteiger partial charge in [0, 0.05) is 11.4 Å². The van der Waals surface area contributed by atoms with E-state index in [0.29, 0.717) is 22.7 Å².